The lowest BCUT2D eigenvalue weighted by atomic mass is 9.94. The lowest BCUT2D eigenvalue weighted by molar-refractivity contribution is -0.127. The Morgan fingerprint density at radius 1 is 1.32 bits per heavy atom. The van der Waals surface area contributed by atoms with Gasteiger partial charge in [0.25, 0.3) is 5.91 Å². The summed E-state index contributed by atoms with van der Waals surface area (Å²) in [6, 6.07) is 7.70. The third-order valence-electron chi connectivity index (χ3n) is 3.76. The highest BCUT2D eigenvalue weighted by atomic mass is 35.5. The van der Waals surface area contributed by atoms with Crippen molar-refractivity contribution in [1.82, 2.24) is 5.32 Å². The van der Waals surface area contributed by atoms with E-state index in [-0.39, 0.29) is 23.9 Å². The maximum atomic E-state index is 12.1. The van der Waals surface area contributed by atoms with Crippen LogP contribution in [0.1, 0.15) is 33.6 Å². The molecule has 1 unspecified atom stereocenters. The molecule has 22 heavy (non-hydrogen) atoms. The van der Waals surface area contributed by atoms with Gasteiger partial charge in [-0.15, -0.1) is 24.2 Å². The van der Waals surface area contributed by atoms with Gasteiger partial charge in [-0.2, -0.15) is 0 Å². The van der Waals surface area contributed by atoms with Crippen molar-refractivity contribution in [2.75, 3.05) is 12.8 Å². The lowest BCUT2D eigenvalue weighted by Gasteiger charge is -2.27. The summed E-state index contributed by atoms with van der Waals surface area (Å²) >= 11 is 1.67. The van der Waals surface area contributed by atoms with Gasteiger partial charge in [0.2, 0.25) is 0 Å². The predicted octanol–water partition coefficient (Wildman–Crippen LogP) is 3.23. The lowest BCUT2D eigenvalue weighted by Crippen LogP contribution is -2.51. The number of nitrogens with one attached hydrogen (secondary N) is 1. The number of ether oxygens (including phenoxy) is 1. The monoisotopic (exact) mass is 346 g/mol. The smallest absolute Gasteiger partial charge is 0.260 e. The highest BCUT2D eigenvalue weighted by Crippen LogP contribution is 2.19. The van der Waals surface area contributed by atoms with Gasteiger partial charge in [-0.3, -0.25) is 4.79 Å². The Bertz CT molecular complexity index is 450. The van der Waals surface area contributed by atoms with Gasteiger partial charge in [-0.05, 0) is 50.3 Å². The zero-order valence-corrected chi connectivity index (χ0v) is 15.4. The van der Waals surface area contributed by atoms with E-state index < -0.39 is 6.10 Å². The quantitative estimate of drug-likeness (QED) is 0.709. The second-order valence-electron chi connectivity index (χ2n) is 5.22. The van der Waals surface area contributed by atoms with E-state index in [1.807, 2.05) is 44.4 Å². The summed E-state index contributed by atoms with van der Waals surface area (Å²) < 4.78 is 5.65. The highest BCUT2D eigenvalue weighted by Gasteiger charge is 2.23. The van der Waals surface area contributed by atoms with E-state index in [1.165, 1.54) is 4.90 Å². The third kappa shape index (κ3) is 6.46. The normalized spacial score (nSPS) is 12.2. The molecule has 3 N–H and O–H groups in total. The first kappa shape index (κ1) is 21.1. The summed E-state index contributed by atoms with van der Waals surface area (Å²) in [5.74, 6) is 0.557. The molecule has 1 aromatic rings. The second kappa shape index (κ2) is 9.98. The average molecular weight is 347 g/mol. The molecule has 0 fully saturated rings. The fraction of sp³-hybridized carbons (Fsp3) is 0.562. The van der Waals surface area contributed by atoms with Gasteiger partial charge in [-0.1, -0.05) is 13.8 Å². The van der Waals surface area contributed by atoms with Crippen molar-refractivity contribution in [3.05, 3.63) is 24.3 Å². The molecule has 0 saturated carbocycles. The fourth-order valence-electron chi connectivity index (χ4n) is 1.82. The fourth-order valence-corrected chi connectivity index (χ4v) is 2.23. The van der Waals surface area contributed by atoms with Crippen molar-refractivity contribution >= 4 is 30.1 Å². The van der Waals surface area contributed by atoms with Crippen LogP contribution < -0.4 is 15.8 Å². The number of amides is 1. The number of benzene rings is 1. The first-order valence-electron chi connectivity index (χ1n) is 7.31. The maximum Gasteiger partial charge on any atom is 0.260 e. The van der Waals surface area contributed by atoms with Gasteiger partial charge in [0, 0.05) is 17.0 Å². The standard InChI is InChI=1S/C16H26N2O2S.ClH/c1-5-16(17,6-2)11-18-15(19)12(3)20-13-7-9-14(21-4)10-8-13;/h7-10,12H,5-6,11,17H2,1-4H3,(H,18,19);1H. The largest absolute Gasteiger partial charge is 0.481 e. The molecule has 1 amide bonds. The van der Waals surface area contributed by atoms with E-state index in [4.69, 9.17) is 10.5 Å². The molecule has 0 aliphatic carbocycles. The minimum absolute atomic E-state index is 0. The number of carbonyl (C=O) groups excluding carboxylic acids is 1. The predicted molar refractivity (Wildman–Crippen MR) is 96.1 cm³/mol. The Labute approximate surface area is 144 Å². The van der Waals surface area contributed by atoms with Gasteiger partial charge >= 0.3 is 0 Å². The van der Waals surface area contributed by atoms with Crippen molar-refractivity contribution < 1.29 is 9.53 Å². The van der Waals surface area contributed by atoms with Crippen molar-refractivity contribution in [3.8, 4) is 5.75 Å². The van der Waals surface area contributed by atoms with E-state index in [0.29, 0.717) is 12.3 Å². The molecule has 1 rings (SSSR count). The summed E-state index contributed by atoms with van der Waals surface area (Å²) in [5, 5.41) is 2.87. The van der Waals surface area contributed by atoms with E-state index in [9.17, 15) is 4.79 Å². The Morgan fingerprint density at radius 3 is 2.32 bits per heavy atom. The number of hydrogen-bond acceptors (Lipinski definition) is 4. The third-order valence-corrected chi connectivity index (χ3v) is 4.51. The molecule has 0 radical (unpaired) electrons. The van der Waals surface area contributed by atoms with Crippen LogP contribution in [0.15, 0.2) is 29.2 Å². The Hall–Kier alpha value is -0.910. The Kier molecular flexibility index (Phi) is 9.56. The van der Waals surface area contributed by atoms with E-state index >= 15 is 0 Å². The SMILES string of the molecule is CCC(N)(CC)CNC(=O)C(C)Oc1ccc(SC)cc1.Cl. The van der Waals surface area contributed by atoms with Crippen molar-refractivity contribution in [2.24, 2.45) is 5.73 Å². The van der Waals surface area contributed by atoms with Crippen molar-refractivity contribution in [3.63, 3.8) is 0 Å². The van der Waals surface area contributed by atoms with Crippen LogP contribution in [0, 0.1) is 0 Å². The second-order valence-corrected chi connectivity index (χ2v) is 6.10. The van der Waals surface area contributed by atoms with Crippen molar-refractivity contribution in [2.45, 2.75) is 50.2 Å². The molecule has 0 aliphatic heterocycles. The summed E-state index contributed by atoms with van der Waals surface area (Å²) in [7, 11) is 0. The van der Waals surface area contributed by atoms with Gasteiger partial charge in [-0.25, -0.2) is 0 Å². The number of nitrogens with two attached hydrogens (primary N) is 1. The number of thioether (sulfide) groups is 1. The van der Waals surface area contributed by atoms with Crippen LogP contribution in [-0.4, -0.2) is 30.4 Å². The van der Waals surface area contributed by atoms with Crippen LogP contribution >= 0.6 is 24.2 Å². The van der Waals surface area contributed by atoms with Crippen LogP contribution in [0.5, 0.6) is 5.75 Å². The van der Waals surface area contributed by atoms with Crippen molar-refractivity contribution in [1.29, 1.82) is 0 Å². The molecular formula is C16H27ClN2O2S. The molecular weight excluding hydrogens is 320 g/mol. The first-order chi connectivity index (χ1) is 9.94. The molecule has 4 nitrogen and oxygen atoms in total. The molecule has 1 aromatic carbocycles. The molecule has 0 spiro atoms. The van der Waals surface area contributed by atoms with Crippen LogP contribution in [0.3, 0.4) is 0 Å². The van der Waals surface area contributed by atoms with Crippen LogP contribution in [-0.2, 0) is 4.79 Å². The Balaban J connectivity index is 0.00000441. The summed E-state index contributed by atoms with van der Waals surface area (Å²) in [4.78, 5) is 13.2. The maximum absolute atomic E-state index is 12.1. The number of hydrogen-bond donors (Lipinski definition) is 2. The molecule has 0 bridgehead atoms. The zero-order valence-electron chi connectivity index (χ0n) is 13.7. The van der Waals surface area contributed by atoms with Gasteiger partial charge in [0.15, 0.2) is 6.10 Å². The Morgan fingerprint density at radius 2 is 1.86 bits per heavy atom. The van der Waals surface area contributed by atoms with Gasteiger partial charge < -0.3 is 15.8 Å². The van der Waals surface area contributed by atoms with Crippen LogP contribution in [0.4, 0.5) is 0 Å². The molecule has 0 aliphatic rings. The molecule has 0 aromatic heterocycles. The molecule has 0 saturated heterocycles. The van der Waals surface area contributed by atoms with Crippen LogP contribution in [0.25, 0.3) is 0 Å². The summed E-state index contributed by atoms with van der Waals surface area (Å²) in [5.41, 5.74) is 5.83. The minimum Gasteiger partial charge on any atom is -0.481 e. The first-order valence-corrected chi connectivity index (χ1v) is 8.54. The number of halogens is 1. The summed E-state index contributed by atoms with van der Waals surface area (Å²) in [6.45, 7) is 6.28. The molecule has 1 atom stereocenters. The minimum atomic E-state index is -0.539. The van der Waals surface area contributed by atoms with E-state index in [2.05, 4.69) is 5.32 Å². The highest BCUT2D eigenvalue weighted by molar-refractivity contribution is 7.98. The topological polar surface area (TPSA) is 64.3 Å². The summed E-state index contributed by atoms with van der Waals surface area (Å²) in [6.07, 6.45) is 3.14. The molecule has 0 heterocycles. The molecule has 126 valence electrons. The average Bonchev–Trinajstić information content (AvgIpc) is 2.52. The zero-order chi connectivity index (χ0) is 15.9. The van der Waals surface area contributed by atoms with Gasteiger partial charge in [0.1, 0.15) is 5.75 Å². The van der Waals surface area contributed by atoms with E-state index in [0.717, 1.165) is 12.8 Å². The number of rotatable bonds is 8. The van der Waals surface area contributed by atoms with Gasteiger partial charge in [0.05, 0.1) is 0 Å². The van der Waals surface area contributed by atoms with E-state index in [1.54, 1.807) is 18.7 Å². The van der Waals surface area contributed by atoms with Crippen LogP contribution in [0.2, 0.25) is 0 Å². The number of carbonyl (C=O) groups is 1. The molecule has 6 heteroatoms.